The molecule has 0 spiro atoms. The Balaban J connectivity index is 0.000000172. The Labute approximate surface area is 681 Å². The molecule has 36 heteroatoms. The van der Waals surface area contributed by atoms with Crippen molar-refractivity contribution in [2.45, 2.75) is 12.8 Å². The van der Waals surface area contributed by atoms with E-state index < -0.39 is 39.9 Å². The third kappa shape index (κ3) is 24.0. The van der Waals surface area contributed by atoms with Gasteiger partial charge in [0.15, 0.2) is 0 Å². The lowest BCUT2D eigenvalue weighted by atomic mass is 10.1. The van der Waals surface area contributed by atoms with Gasteiger partial charge in [-0.15, -0.1) is 0 Å². The molecule has 30 nitrogen and oxygen atoms in total. The van der Waals surface area contributed by atoms with Gasteiger partial charge in [0.2, 0.25) is 10.0 Å². The van der Waals surface area contributed by atoms with E-state index in [1.165, 1.54) is 99.7 Å². The van der Waals surface area contributed by atoms with E-state index in [1.807, 2.05) is 36.4 Å². The van der Waals surface area contributed by atoms with Gasteiger partial charge in [-0.3, -0.25) is 24.2 Å². The van der Waals surface area contributed by atoms with E-state index in [0.717, 1.165) is 121 Å². The van der Waals surface area contributed by atoms with Crippen molar-refractivity contribution in [1.29, 1.82) is 0 Å². The highest BCUT2D eigenvalue weighted by molar-refractivity contribution is 7.92. The SMILES string of the molecule is CN1CCN(c2ccc(Nc3cc(N(C)C(=O)Nc4cc(N)ccc4Cl)ncn3)cc2)CC1.CN1CCN(c2ccc(Nc3cc(N(C)C(=O)Nc4cc(NC(=O)c5cccc(C(C)(F)F)c5)ccc4Cl)ncn3)cc2)CC1.CN1CCN(c2ccc(Nc3cc(N(C)C(=O)Nc4cc(NS(C)(=O)=O)ccc4Cl)ncn3)cc2)CC1. The number of alkyl halides is 2. The number of piperazine rings is 3. The van der Waals surface area contributed by atoms with E-state index >= 15 is 0 Å². The summed E-state index contributed by atoms with van der Waals surface area (Å²) in [6.45, 7) is 13.0. The maximum atomic E-state index is 13.7. The van der Waals surface area contributed by atoms with Crippen molar-refractivity contribution in [3.05, 3.63) is 215 Å². The van der Waals surface area contributed by atoms with Crippen LogP contribution in [0.25, 0.3) is 0 Å². The number of nitrogens with two attached hydrogens (primary N) is 1. The second-order valence-corrected chi connectivity index (χ2v) is 30.5. The molecule has 0 unspecified atom stereocenters. The highest BCUT2D eigenvalue weighted by Gasteiger charge is 2.27. The Kier molecular flexibility index (Phi) is 27.9. The quantitative estimate of drug-likeness (QED) is 0.0320. The van der Waals surface area contributed by atoms with Gasteiger partial charge in [-0.2, -0.15) is 0 Å². The van der Waals surface area contributed by atoms with Crippen molar-refractivity contribution >= 4 is 172 Å². The molecule has 0 saturated carbocycles. The number of anilines is 18. The molecule has 0 bridgehead atoms. The van der Waals surface area contributed by atoms with Crippen LogP contribution in [0.2, 0.25) is 15.1 Å². The Morgan fingerprint density at radius 3 is 1.11 bits per heavy atom. The summed E-state index contributed by atoms with van der Waals surface area (Å²) in [5.74, 6) is -0.968. The van der Waals surface area contributed by atoms with E-state index in [4.69, 9.17) is 40.5 Å². The number of sulfonamides is 1. The number of rotatable bonds is 20. The number of benzene rings is 7. The average Bonchev–Trinajstić information content (AvgIpc) is 0.832. The lowest BCUT2D eigenvalue weighted by Crippen LogP contribution is -2.44. The molecule has 7 aromatic carbocycles. The van der Waals surface area contributed by atoms with Crippen LogP contribution in [0.3, 0.4) is 0 Å². The monoisotopic (exact) mass is 1640 g/mol. The minimum atomic E-state index is -3.48. The number of carbonyl (C=O) groups excluding carboxylic acids is 4. The Bertz CT molecular complexity index is 5160. The molecule has 3 aromatic heterocycles. The maximum Gasteiger partial charge on any atom is 0.327 e. The van der Waals surface area contributed by atoms with Crippen molar-refractivity contribution in [3.8, 4) is 0 Å². The molecule has 602 valence electrons. The molecule has 3 saturated heterocycles. The fourth-order valence-electron chi connectivity index (χ4n) is 12.0. The zero-order chi connectivity index (χ0) is 82.1. The van der Waals surface area contributed by atoms with Gasteiger partial charge in [0.05, 0.1) is 44.1 Å². The summed E-state index contributed by atoms with van der Waals surface area (Å²) in [6, 6.07) is 47.1. The number of amides is 7. The number of urea groups is 3. The van der Waals surface area contributed by atoms with E-state index in [9.17, 15) is 36.4 Å². The fraction of sp³-hybridized carbons (Fsp3) is 0.266. The molecule has 13 rings (SSSR count). The van der Waals surface area contributed by atoms with Crippen LogP contribution < -0.4 is 77.1 Å². The zero-order valence-corrected chi connectivity index (χ0v) is 67.5. The number of hydrogen-bond acceptors (Lipinski definition) is 22. The number of nitrogens with one attached hydrogen (secondary N) is 8. The van der Waals surface area contributed by atoms with Gasteiger partial charge in [0.25, 0.3) is 11.8 Å². The van der Waals surface area contributed by atoms with Gasteiger partial charge in [0, 0.05) is 181 Å². The molecular weight excluding hydrogens is 1560 g/mol. The Morgan fingerprint density at radius 1 is 0.426 bits per heavy atom. The van der Waals surface area contributed by atoms with Gasteiger partial charge in [-0.05, 0) is 161 Å². The van der Waals surface area contributed by atoms with E-state index in [-0.39, 0.29) is 38.2 Å². The molecule has 0 atom stereocenters. The van der Waals surface area contributed by atoms with Crippen LogP contribution in [0.5, 0.6) is 0 Å². The molecule has 7 amide bonds. The summed E-state index contributed by atoms with van der Waals surface area (Å²) in [7, 11) is 7.64. The zero-order valence-electron chi connectivity index (χ0n) is 64.4. The van der Waals surface area contributed by atoms with Crippen molar-refractivity contribution in [2.75, 3.05) is 204 Å². The van der Waals surface area contributed by atoms with E-state index in [1.54, 1.807) is 57.5 Å². The van der Waals surface area contributed by atoms with Crippen molar-refractivity contribution in [3.63, 3.8) is 0 Å². The van der Waals surface area contributed by atoms with E-state index in [0.29, 0.717) is 57.0 Å². The molecule has 115 heavy (non-hydrogen) atoms. The fourth-order valence-corrected chi connectivity index (χ4v) is 13.0. The number of hydrogen-bond donors (Lipinski definition) is 9. The first-order chi connectivity index (χ1) is 54.9. The van der Waals surface area contributed by atoms with Crippen LogP contribution in [0, 0.1) is 0 Å². The number of nitrogens with zero attached hydrogens (tertiary/aromatic N) is 15. The summed E-state index contributed by atoms with van der Waals surface area (Å²) < 4.78 is 52.8. The standard InChI is InChI=1S/C32H33ClF2N8O2.C24H29ClN8O3S.C23H27ClN8O/c1-32(34,35)22-6-4-5-21(17-22)30(44)39-24-9-12-26(33)27(18-24)40-31(45)42(3)29-19-28(36-20-37-29)38-23-7-10-25(11-8-23)43-15-13-41(2)14-16-43;1-31-10-12-33(13-11-31)19-7-4-17(5-8-19)28-22-15-23(27-16-26-22)32(2)24(34)29-21-14-18(6-9-20(21)25)30-37(3,35)36;1-30-9-11-32(12-10-30)18-6-4-17(5-7-18)28-21-14-22(27-15-26-21)31(2)23(33)29-20-13-16(25)3-8-19(20)24/h4-12,17-20H,13-16H2,1-3H3,(H,39,44)(H,40,45)(H,36,37,38);4-9,14-16,30H,10-13H2,1-3H3,(H,29,34)(H,26,27,28);3-8,13-15H,9-12,25H2,1-2H3,(H,29,33)(H,26,27,28). The van der Waals surface area contributed by atoms with Crippen molar-refractivity contribution in [1.82, 2.24) is 44.6 Å². The average molecular weight is 1650 g/mol. The summed E-state index contributed by atoms with van der Waals surface area (Å²) in [4.78, 5) is 94.9. The number of aromatic nitrogens is 6. The number of carbonyl (C=O) groups is 4. The van der Waals surface area contributed by atoms with Crippen LogP contribution in [0.15, 0.2) is 189 Å². The lowest BCUT2D eigenvalue weighted by Gasteiger charge is -2.34. The molecule has 3 aliphatic rings. The first-order valence-electron chi connectivity index (χ1n) is 36.4. The maximum absolute atomic E-state index is 13.7. The third-order valence-corrected chi connectivity index (χ3v) is 20.4. The lowest BCUT2D eigenvalue weighted by molar-refractivity contribution is 0.0174. The molecule has 3 fully saturated rings. The summed E-state index contributed by atoms with van der Waals surface area (Å²) in [5.41, 5.74) is 13.7. The highest BCUT2D eigenvalue weighted by Crippen LogP contribution is 2.34. The molecular formula is C79H89Cl3F2N24O6S. The highest BCUT2D eigenvalue weighted by atomic mass is 35.5. The van der Waals surface area contributed by atoms with E-state index in [2.05, 4.69) is 159 Å². The molecule has 10 N–H and O–H groups in total. The first kappa shape index (κ1) is 83.9. The minimum absolute atomic E-state index is 0.0634. The molecule has 0 radical (unpaired) electrons. The molecule has 0 aliphatic carbocycles. The van der Waals surface area contributed by atoms with Gasteiger partial charge in [0.1, 0.15) is 53.9 Å². The third-order valence-electron chi connectivity index (χ3n) is 18.8. The summed E-state index contributed by atoms with van der Waals surface area (Å²) in [6.07, 6.45) is 5.17. The number of halogens is 5. The van der Waals surface area contributed by atoms with Gasteiger partial charge in [-0.25, -0.2) is 61.5 Å². The van der Waals surface area contributed by atoms with Crippen LogP contribution in [0.1, 0.15) is 22.8 Å². The minimum Gasteiger partial charge on any atom is -0.399 e. The largest absolute Gasteiger partial charge is 0.399 e. The summed E-state index contributed by atoms with van der Waals surface area (Å²) >= 11 is 18.7. The topological polar surface area (TPSA) is 331 Å². The normalized spacial score (nSPS) is 14.0. The van der Waals surface area contributed by atoms with Crippen molar-refractivity contribution in [2.24, 2.45) is 0 Å². The molecule has 6 heterocycles. The Hall–Kier alpha value is -12.0. The summed E-state index contributed by atoms with van der Waals surface area (Å²) in [5, 5.41) is 21.4. The predicted octanol–water partition coefficient (Wildman–Crippen LogP) is 14.2. The number of nitrogen functional groups attached to an aromatic ring is 1. The van der Waals surface area contributed by atoms with Crippen LogP contribution in [-0.2, 0) is 15.9 Å². The molecule has 3 aliphatic heterocycles. The second-order valence-electron chi connectivity index (χ2n) is 27.6. The smallest absolute Gasteiger partial charge is 0.327 e. The van der Waals surface area contributed by atoms with Gasteiger partial charge >= 0.3 is 18.1 Å². The molecule has 10 aromatic rings. The first-order valence-corrected chi connectivity index (χ1v) is 39.4. The van der Waals surface area contributed by atoms with Gasteiger partial charge in [-0.1, -0.05) is 46.9 Å². The Morgan fingerprint density at radius 2 is 0.757 bits per heavy atom. The van der Waals surface area contributed by atoms with Crippen LogP contribution in [0.4, 0.5) is 126 Å². The predicted molar refractivity (Wildman–Crippen MR) is 458 cm³/mol. The van der Waals surface area contributed by atoms with Crippen molar-refractivity contribution < 1.29 is 36.4 Å². The second kappa shape index (κ2) is 38.2. The van der Waals surface area contributed by atoms with Gasteiger partial charge < -0.3 is 72.4 Å². The number of likely N-dealkylation sites (N-methyl/N-ethyl adjacent to an activating group) is 3. The van der Waals surface area contributed by atoms with Crippen LogP contribution in [-0.4, -0.2) is 204 Å². The van der Waals surface area contributed by atoms with Crippen LogP contribution >= 0.6 is 34.8 Å².